The normalized spacial score (nSPS) is 17.5. The average molecular weight is 185 g/mol. The van der Waals surface area contributed by atoms with E-state index in [2.05, 4.69) is 6.07 Å². The summed E-state index contributed by atoms with van der Waals surface area (Å²) in [6.45, 7) is 0. The van der Waals surface area contributed by atoms with Crippen LogP contribution in [0.3, 0.4) is 0 Å². The molecule has 0 N–H and O–H groups in total. The summed E-state index contributed by atoms with van der Waals surface area (Å²) in [7, 11) is 0. The number of benzene rings is 1. The monoisotopic (exact) mass is 185 g/mol. The highest BCUT2D eigenvalue weighted by Crippen LogP contribution is 2.45. The van der Waals surface area contributed by atoms with E-state index in [0.29, 0.717) is 5.56 Å². The first-order valence-corrected chi connectivity index (χ1v) is 4.17. The zero-order chi connectivity index (χ0) is 9.47. The molecule has 1 saturated carbocycles. The molecule has 3 heteroatoms. The first-order valence-electron chi connectivity index (χ1n) is 4.17. The molecule has 0 unspecified atom stereocenters. The fraction of sp³-hybridized carbons (Fsp3) is 0.400. The summed E-state index contributed by atoms with van der Waals surface area (Å²) in [6, 6.07) is 6.75. The van der Waals surface area contributed by atoms with Crippen molar-refractivity contribution in [3.63, 3.8) is 0 Å². The maximum atomic E-state index is 12.4. The number of rotatable bonds is 1. The summed E-state index contributed by atoms with van der Waals surface area (Å²) in [4.78, 5) is 0. The molecular weight excluding hydrogens is 177 g/mol. The first-order chi connectivity index (χ1) is 6.09. The Balaban J connectivity index is 2.43. The molecule has 0 spiro atoms. The molecule has 13 heavy (non-hydrogen) atoms. The van der Waals surface area contributed by atoms with Crippen molar-refractivity contribution in [2.45, 2.75) is 24.9 Å². The quantitative estimate of drug-likeness (QED) is 0.629. The van der Waals surface area contributed by atoms with Crippen LogP contribution in [0.4, 0.5) is 13.2 Å². The molecule has 1 radical (unpaired) electrons. The Hall–Kier alpha value is -0.990. The molecule has 1 aliphatic rings. The van der Waals surface area contributed by atoms with Crippen molar-refractivity contribution in [2.75, 3.05) is 0 Å². The molecule has 1 aliphatic carbocycles. The van der Waals surface area contributed by atoms with Crippen LogP contribution in [-0.2, 0) is 6.18 Å². The van der Waals surface area contributed by atoms with E-state index in [1.807, 2.05) is 0 Å². The van der Waals surface area contributed by atoms with Gasteiger partial charge in [-0.1, -0.05) is 18.2 Å². The van der Waals surface area contributed by atoms with Gasteiger partial charge in [0, 0.05) is 0 Å². The fourth-order valence-electron chi connectivity index (χ4n) is 1.43. The third-order valence-corrected chi connectivity index (χ3v) is 2.19. The summed E-state index contributed by atoms with van der Waals surface area (Å²) >= 11 is 0. The minimum atomic E-state index is -4.25. The Morgan fingerprint density at radius 2 is 2.00 bits per heavy atom. The van der Waals surface area contributed by atoms with E-state index in [1.165, 1.54) is 6.07 Å². The number of hydrogen-bond acceptors (Lipinski definition) is 0. The van der Waals surface area contributed by atoms with Gasteiger partial charge in [0.2, 0.25) is 0 Å². The molecule has 1 aromatic rings. The lowest BCUT2D eigenvalue weighted by atomic mass is 10.0. The summed E-state index contributed by atoms with van der Waals surface area (Å²) in [5.41, 5.74) is -0.174. The zero-order valence-electron chi connectivity index (χ0n) is 6.86. The second kappa shape index (κ2) is 2.76. The van der Waals surface area contributed by atoms with Gasteiger partial charge in [-0.3, -0.25) is 0 Å². The van der Waals surface area contributed by atoms with E-state index in [4.69, 9.17) is 0 Å². The van der Waals surface area contributed by atoms with Crippen LogP contribution in [0.2, 0.25) is 0 Å². The molecule has 0 bridgehead atoms. The standard InChI is InChI=1S/C10H8F3/c11-10(12,13)9-4-2-1-3-8(9)7-5-6-7/h1-3,7H,5-6H2. The molecule has 0 nitrogen and oxygen atoms in total. The lowest BCUT2D eigenvalue weighted by Gasteiger charge is -2.10. The van der Waals surface area contributed by atoms with Crippen molar-refractivity contribution >= 4 is 0 Å². The summed E-state index contributed by atoms with van der Waals surface area (Å²) in [5, 5.41) is 0. The highest BCUT2D eigenvalue weighted by Gasteiger charge is 2.37. The van der Waals surface area contributed by atoms with E-state index >= 15 is 0 Å². The van der Waals surface area contributed by atoms with Crippen LogP contribution in [0.1, 0.15) is 29.9 Å². The van der Waals surface area contributed by atoms with Crippen LogP contribution in [0.25, 0.3) is 0 Å². The van der Waals surface area contributed by atoms with Crippen LogP contribution in [-0.4, -0.2) is 0 Å². The highest BCUT2D eigenvalue weighted by atomic mass is 19.4. The third kappa shape index (κ3) is 1.69. The Morgan fingerprint density at radius 1 is 1.31 bits per heavy atom. The van der Waals surface area contributed by atoms with E-state index in [9.17, 15) is 13.2 Å². The van der Waals surface area contributed by atoms with Crippen molar-refractivity contribution in [2.24, 2.45) is 0 Å². The largest absolute Gasteiger partial charge is 0.417 e. The Kier molecular flexibility index (Phi) is 1.82. The Bertz CT molecular complexity index is 310. The van der Waals surface area contributed by atoms with E-state index in [-0.39, 0.29) is 5.92 Å². The van der Waals surface area contributed by atoms with E-state index in [1.54, 1.807) is 12.1 Å². The third-order valence-electron chi connectivity index (χ3n) is 2.19. The summed E-state index contributed by atoms with van der Waals surface area (Å²) in [5.74, 6) is 0.120. The van der Waals surface area contributed by atoms with Gasteiger partial charge < -0.3 is 0 Å². The van der Waals surface area contributed by atoms with Crippen molar-refractivity contribution in [1.82, 2.24) is 0 Å². The maximum absolute atomic E-state index is 12.4. The van der Waals surface area contributed by atoms with Gasteiger partial charge in [-0.15, -0.1) is 0 Å². The predicted octanol–water partition coefficient (Wildman–Crippen LogP) is 3.38. The second-order valence-corrected chi connectivity index (χ2v) is 3.27. The summed E-state index contributed by atoms with van der Waals surface area (Å²) in [6.07, 6.45) is -2.50. The number of alkyl halides is 3. The minimum absolute atomic E-state index is 0.120. The smallest absolute Gasteiger partial charge is 0.166 e. The van der Waals surface area contributed by atoms with Crippen LogP contribution >= 0.6 is 0 Å². The topological polar surface area (TPSA) is 0 Å². The van der Waals surface area contributed by atoms with Gasteiger partial charge in [0.05, 0.1) is 5.56 Å². The van der Waals surface area contributed by atoms with Gasteiger partial charge in [0.25, 0.3) is 0 Å². The number of hydrogen-bond donors (Lipinski definition) is 0. The lowest BCUT2D eigenvalue weighted by molar-refractivity contribution is -0.138. The molecule has 1 fully saturated rings. The molecular formula is C10H8F3. The molecule has 69 valence electrons. The predicted molar refractivity (Wildman–Crippen MR) is 42.3 cm³/mol. The minimum Gasteiger partial charge on any atom is -0.166 e. The average Bonchev–Trinajstić information content (AvgIpc) is 2.85. The molecule has 0 amide bonds. The molecule has 0 heterocycles. The van der Waals surface area contributed by atoms with Crippen LogP contribution in [0.5, 0.6) is 0 Å². The van der Waals surface area contributed by atoms with Gasteiger partial charge >= 0.3 is 6.18 Å². The van der Waals surface area contributed by atoms with Crippen molar-refractivity contribution in [1.29, 1.82) is 0 Å². The molecule has 1 aromatic carbocycles. The Morgan fingerprint density at radius 3 is 2.54 bits per heavy atom. The second-order valence-electron chi connectivity index (χ2n) is 3.27. The van der Waals surface area contributed by atoms with E-state index < -0.39 is 11.7 Å². The highest BCUT2D eigenvalue weighted by molar-refractivity contribution is 5.34. The van der Waals surface area contributed by atoms with Gasteiger partial charge in [0.1, 0.15) is 0 Å². The van der Waals surface area contributed by atoms with Crippen LogP contribution in [0, 0.1) is 6.07 Å². The van der Waals surface area contributed by atoms with Gasteiger partial charge in [-0.05, 0) is 30.4 Å². The molecule has 0 atom stereocenters. The van der Waals surface area contributed by atoms with Crippen molar-refractivity contribution in [3.8, 4) is 0 Å². The van der Waals surface area contributed by atoms with Gasteiger partial charge in [-0.25, -0.2) is 0 Å². The van der Waals surface area contributed by atoms with Crippen LogP contribution < -0.4 is 0 Å². The number of halogens is 3. The van der Waals surface area contributed by atoms with Crippen molar-refractivity contribution < 1.29 is 13.2 Å². The Labute approximate surface area is 74.4 Å². The SMILES string of the molecule is FC(F)(F)c1[c]cccc1C1CC1. The first kappa shape index (κ1) is 8.60. The zero-order valence-corrected chi connectivity index (χ0v) is 6.86. The van der Waals surface area contributed by atoms with Gasteiger partial charge in [-0.2, -0.15) is 13.2 Å². The maximum Gasteiger partial charge on any atom is 0.417 e. The van der Waals surface area contributed by atoms with Gasteiger partial charge in [0.15, 0.2) is 0 Å². The molecule has 2 rings (SSSR count). The van der Waals surface area contributed by atoms with Crippen LogP contribution in [0.15, 0.2) is 18.2 Å². The molecule has 0 aliphatic heterocycles. The van der Waals surface area contributed by atoms with Crippen molar-refractivity contribution in [3.05, 3.63) is 35.4 Å². The lowest BCUT2D eigenvalue weighted by Crippen LogP contribution is -2.08. The molecule has 0 saturated heterocycles. The van der Waals surface area contributed by atoms with E-state index in [0.717, 1.165) is 12.8 Å². The fourth-order valence-corrected chi connectivity index (χ4v) is 1.43. The molecule has 0 aromatic heterocycles. The summed E-state index contributed by atoms with van der Waals surface area (Å²) < 4.78 is 37.2.